The molecule has 2 aliphatic heterocycles. The van der Waals surface area contributed by atoms with Crippen LogP contribution in [0.3, 0.4) is 0 Å². The highest BCUT2D eigenvalue weighted by atomic mass is 16.6. The lowest BCUT2D eigenvalue weighted by Crippen LogP contribution is -2.30. The Hall–Kier alpha value is -1.95. The van der Waals surface area contributed by atoms with E-state index in [4.69, 9.17) is 14.2 Å². The summed E-state index contributed by atoms with van der Waals surface area (Å²) >= 11 is 0. The van der Waals surface area contributed by atoms with Crippen molar-refractivity contribution in [2.24, 2.45) is 5.92 Å². The second-order valence-corrected chi connectivity index (χ2v) is 10.0. The molecular weight excluding hydrogens is 440 g/mol. The molecule has 196 valence electrons. The van der Waals surface area contributed by atoms with Gasteiger partial charge in [-0.15, -0.1) is 0 Å². The standard InChI is InChI=1S/C30H46O5/c1-5-11-30(32)35-29(28(31)16-15-27-21-24(3)17-19-34-27)14-8-6-7-12-23(2)20-25(4)22-26-13-9-10-18-33-26/h5,9-11,15-17,25-29,31H,2,6-8,12-14,18-22H2,1,3-4H3/b11-5-,16-15+. The second-order valence-electron chi connectivity index (χ2n) is 10.0. The summed E-state index contributed by atoms with van der Waals surface area (Å²) in [7, 11) is 0. The maximum absolute atomic E-state index is 12.0. The molecule has 5 heteroatoms. The monoisotopic (exact) mass is 486 g/mol. The van der Waals surface area contributed by atoms with Gasteiger partial charge in [-0.05, 0) is 71.1 Å². The molecule has 2 rings (SSSR count). The van der Waals surface area contributed by atoms with Crippen LogP contribution in [-0.4, -0.2) is 48.7 Å². The van der Waals surface area contributed by atoms with Crippen LogP contribution in [0, 0.1) is 5.92 Å². The molecule has 5 atom stereocenters. The van der Waals surface area contributed by atoms with Crippen LogP contribution in [0.1, 0.15) is 78.6 Å². The smallest absolute Gasteiger partial charge is 0.330 e. The first kappa shape index (κ1) is 29.3. The van der Waals surface area contributed by atoms with Gasteiger partial charge in [0, 0.05) is 6.08 Å². The van der Waals surface area contributed by atoms with Crippen molar-refractivity contribution in [2.45, 2.75) is 103 Å². The lowest BCUT2D eigenvalue weighted by atomic mass is 9.92. The maximum Gasteiger partial charge on any atom is 0.330 e. The van der Waals surface area contributed by atoms with Gasteiger partial charge in [-0.25, -0.2) is 4.79 Å². The number of rotatable bonds is 15. The largest absolute Gasteiger partial charge is 0.456 e. The lowest BCUT2D eigenvalue weighted by Gasteiger charge is -2.23. The first-order valence-corrected chi connectivity index (χ1v) is 13.3. The Morgan fingerprint density at radius 2 is 2.09 bits per heavy atom. The Balaban J connectivity index is 1.71. The number of hydrogen-bond donors (Lipinski definition) is 1. The molecule has 5 unspecified atom stereocenters. The van der Waals surface area contributed by atoms with E-state index in [1.54, 1.807) is 19.1 Å². The van der Waals surface area contributed by atoms with Crippen LogP contribution in [0.4, 0.5) is 0 Å². The van der Waals surface area contributed by atoms with Gasteiger partial charge < -0.3 is 19.3 Å². The highest BCUT2D eigenvalue weighted by molar-refractivity contribution is 5.82. The first-order valence-electron chi connectivity index (χ1n) is 13.3. The van der Waals surface area contributed by atoms with E-state index in [0.29, 0.717) is 25.0 Å². The van der Waals surface area contributed by atoms with E-state index in [1.165, 1.54) is 17.2 Å². The Bertz CT molecular complexity index is 763. The van der Waals surface area contributed by atoms with Gasteiger partial charge >= 0.3 is 5.97 Å². The molecule has 0 bridgehead atoms. The second kappa shape index (κ2) is 16.7. The number of carbonyl (C=O) groups excluding carboxylic acids is 1. The summed E-state index contributed by atoms with van der Waals surface area (Å²) in [5.74, 6) is 0.154. The molecule has 2 heterocycles. The fourth-order valence-electron chi connectivity index (χ4n) is 4.65. The molecule has 0 radical (unpaired) electrons. The number of allylic oxidation sites excluding steroid dienone is 2. The van der Waals surface area contributed by atoms with E-state index < -0.39 is 18.2 Å². The SMILES string of the molecule is C=C(CCCCCC(OC(=O)/C=C\C)C(O)/C=C/C1CC(C)=CCO1)CC(C)CC1CC=CCO1. The molecule has 0 saturated heterocycles. The van der Waals surface area contributed by atoms with Gasteiger partial charge in [-0.3, -0.25) is 0 Å². The van der Waals surface area contributed by atoms with Gasteiger partial charge in [0.2, 0.25) is 0 Å². The van der Waals surface area contributed by atoms with E-state index in [2.05, 4.69) is 38.7 Å². The fraction of sp³-hybridized carbons (Fsp3) is 0.633. The van der Waals surface area contributed by atoms with Gasteiger partial charge in [0.15, 0.2) is 0 Å². The topological polar surface area (TPSA) is 65.0 Å². The van der Waals surface area contributed by atoms with E-state index >= 15 is 0 Å². The summed E-state index contributed by atoms with van der Waals surface area (Å²) in [5.41, 5.74) is 2.58. The number of carbonyl (C=O) groups is 1. The Morgan fingerprint density at radius 1 is 1.26 bits per heavy atom. The molecule has 0 aromatic rings. The third kappa shape index (κ3) is 12.5. The summed E-state index contributed by atoms with van der Waals surface area (Å²) < 4.78 is 17.0. The molecule has 0 spiro atoms. The van der Waals surface area contributed by atoms with Crippen LogP contribution in [0.5, 0.6) is 0 Å². The Kier molecular flexibility index (Phi) is 13.9. The van der Waals surface area contributed by atoms with Crippen LogP contribution in [0.2, 0.25) is 0 Å². The zero-order valence-electron chi connectivity index (χ0n) is 22.0. The first-order chi connectivity index (χ1) is 16.9. The summed E-state index contributed by atoms with van der Waals surface area (Å²) in [6.45, 7) is 11.7. The molecule has 0 aromatic carbocycles. The van der Waals surface area contributed by atoms with Crippen molar-refractivity contribution in [3.63, 3.8) is 0 Å². The van der Waals surface area contributed by atoms with Crippen molar-refractivity contribution in [3.8, 4) is 0 Å². The lowest BCUT2D eigenvalue weighted by molar-refractivity contribution is -0.147. The Morgan fingerprint density at radius 3 is 2.80 bits per heavy atom. The zero-order chi connectivity index (χ0) is 25.5. The van der Waals surface area contributed by atoms with Gasteiger partial charge in [0.1, 0.15) is 12.2 Å². The summed E-state index contributed by atoms with van der Waals surface area (Å²) in [4.78, 5) is 12.0. The highest BCUT2D eigenvalue weighted by Crippen LogP contribution is 2.24. The van der Waals surface area contributed by atoms with Crippen molar-refractivity contribution >= 4 is 5.97 Å². The number of ether oxygens (including phenoxy) is 3. The summed E-state index contributed by atoms with van der Waals surface area (Å²) in [6.07, 6.45) is 20.4. The molecule has 0 aliphatic carbocycles. The minimum absolute atomic E-state index is 0.0453. The molecule has 5 nitrogen and oxygen atoms in total. The van der Waals surface area contributed by atoms with Crippen molar-refractivity contribution in [1.29, 1.82) is 0 Å². The molecule has 1 N–H and O–H groups in total. The highest BCUT2D eigenvalue weighted by Gasteiger charge is 2.21. The third-order valence-corrected chi connectivity index (χ3v) is 6.55. The number of unbranched alkanes of at least 4 members (excludes halogenated alkanes) is 2. The minimum Gasteiger partial charge on any atom is -0.456 e. The molecule has 0 amide bonds. The molecule has 0 saturated carbocycles. The number of aliphatic hydroxyl groups is 1. The van der Waals surface area contributed by atoms with Crippen molar-refractivity contribution in [1.82, 2.24) is 0 Å². The van der Waals surface area contributed by atoms with Crippen LogP contribution < -0.4 is 0 Å². The minimum atomic E-state index is -0.855. The number of hydrogen-bond acceptors (Lipinski definition) is 5. The average Bonchev–Trinajstić information content (AvgIpc) is 2.82. The number of esters is 1. The van der Waals surface area contributed by atoms with E-state index in [1.807, 2.05) is 6.08 Å². The number of aliphatic hydroxyl groups excluding tert-OH is 1. The summed E-state index contributed by atoms with van der Waals surface area (Å²) in [5, 5.41) is 10.7. The van der Waals surface area contributed by atoms with Gasteiger partial charge in [-0.1, -0.05) is 67.5 Å². The molecule has 0 aromatic heterocycles. The quantitative estimate of drug-likeness (QED) is 0.126. The van der Waals surface area contributed by atoms with Crippen LogP contribution >= 0.6 is 0 Å². The van der Waals surface area contributed by atoms with Crippen molar-refractivity contribution < 1.29 is 24.1 Å². The van der Waals surface area contributed by atoms with Crippen molar-refractivity contribution in [3.05, 3.63) is 60.3 Å². The average molecular weight is 487 g/mol. The normalized spacial score (nSPS) is 23.3. The van der Waals surface area contributed by atoms with Crippen LogP contribution in [-0.2, 0) is 19.0 Å². The van der Waals surface area contributed by atoms with Gasteiger partial charge in [0.25, 0.3) is 0 Å². The van der Waals surface area contributed by atoms with Crippen LogP contribution in [0.15, 0.2) is 60.3 Å². The zero-order valence-corrected chi connectivity index (χ0v) is 22.0. The summed E-state index contributed by atoms with van der Waals surface area (Å²) in [6, 6.07) is 0. The molecule has 0 fully saturated rings. The third-order valence-electron chi connectivity index (χ3n) is 6.55. The van der Waals surface area contributed by atoms with Crippen LogP contribution in [0.25, 0.3) is 0 Å². The molecule has 35 heavy (non-hydrogen) atoms. The Labute approximate surface area is 212 Å². The van der Waals surface area contributed by atoms with E-state index in [-0.39, 0.29) is 6.10 Å². The predicted octanol–water partition coefficient (Wildman–Crippen LogP) is 6.39. The van der Waals surface area contributed by atoms with E-state index in [0.717, 1.165) is 58.0 Å². The predicted molar refractivity (Wildman–Crippen MR) is 142 cm³/mol. The molecule has 2 aliphatic rings. The van der Waals surface area contributed by atoms with E-state index in [9.17, 15) is 9.90 Å². The van der Waals surface area contributed by atoms with Gasteiger partial charge in [-0.2, -0.15) is 0 Å². The van der Waals surface area contributed by atoms with Crippen molar-refractivity contribution in [2.75, 3.05) is 13.2 Å². The molecular formula is C30H46O5. The van der Waals surface area contributed by atoms with Gasteiger partial charge in [0.05, 0.1) is 25.4 Å². The fourth-order valence-corrected chi connectivity index (χ4v) is 4.65. The maximum atomic E-state index is 12.0.